The Kier molecular flexibility index (Phi) is 17.1. The summed E-state index contributed by atoms with van der Waals surface area (Å²) in [5, 5.41) is 2.86. The minimum Gasteiger partial charge on any atom is -0.378 e. The topological polar surface area (TPSA) is 101 Å². The van der Waals surface area contributed by atoms with Gasteiger partial charge in [-0.3, -0.25) is 4.79 Å². The van der Waals surface area contributed by atoms with E-state index in [9.17, 15) is 4.79 Å². The minimum absolute atomic E-state index is 0.0413. The average Bonchev–Trinajstić information content (AvgIpc) is 2.75. The monoisotopic (exact) mass is 426 g/mol. The number of ether oxygens (including phenoxy) is 5. The van der Waals surface area contributed by atoms with Gasteiger partial charge in [-0.25, -0.2) is 0 Å². The highest BCUT2D eigenvalue weighted by molar-refractivity contribution is 5.76. The molecule has 1 aromatic rings. The van der Waals surface area contributed by atoms with E-state index in [1.807, 2.05) is 0 Å². The van der Waals surface area contributed by atoms with Crippen molar-refractivity contribution in [2.75, 3.05) is 79.2 Å². The smallest absolute Gasteiger partial charge is 0.220 e. The van der Waals surface area contributed by atoms with Crippen molar-refractivity contribution in [2.45, 2.75) is 19.8 Å². The molecule has 0 saturated heterocycles. The highest BCUT2D eigenvalue weighted by Crippen LogP contribution is 2.05. The van der Waals surface area contributed by atoms with E-state index in [2.05, 4.69) is 36.5 Å². The van der Waals surface area contributed by atoms with Gasteiger partial charge in [-0.2, -0.15) is 0 Å². The molecule has 0 saturated carbocycles. The molecule has 1 amide bonds. The van der Waals surface area contributed by atoms with Crippen LogP contribution in [0.15, 0.2) is 24.3 Å². The summed E-state index contributed by atoms with van der Waals surface area (Å²) >= 11 is 0. The molecule has 1 rings (SSSR count). The number of amides is 1. The summed E-state index contributed by atoms with van der Waals surface area (Å²) in [6.45, 7) is 8.30. The van der Waals surface area contributed by atoms with Gasteiger partial charge in [0.15, 0.2) is 0 Å². The zero-order valence-electron chi connectivity index (χ0n) is 18.2. The second-order valence-corrected chi connectivity index (χ2v) is 6.69. The van der Waals surface area contributed by atoms with Gasteiger partial charge in [-0.15, -0.1) is 0 Å². The molecule has 0 radical (unpaired) electrons. The molecule has 0 atom stereocenters. The molecule has 0 aliphatic rings. The van der Waals surface area contributed by atoms with Crippen LogP contribution in [0.25, 0.3) is 0 Å². The van der Waals surface area contributed by atoms with Gasteiger partial charge in [0, 0.05) is 19.5 Å². The molecule has 0 aromatic heterocycles. The summed E-state index contributed by atoms with van der Waals surface area (Å²) in [5.74, 6) is 0.0413. The predicted octanol–water partition coefficient (Wildman–Crippen LogP) is 1.09. The van der Waals surface area contributed by atoms with Crippen LogP contribution in [0, 0.1) is 6.92 Å². The van der Waals surface area contributed by atoms with Crippen LogP contribution in [0.5, 0.6) is 0 Å². The number of benzene rings is 1. The zero-order chi connectivity index (χ0) is 21.7. The summed E-state index contributed by atoms with van der Waals surface area (Å²) in [5.41, 5.74) is 7.71. The molecule has 0 fully saturated rings. The van der Waals surface area contributed by atoms with Crippen LogP contribution >= 0.6 is 0 Å². The predicted molar refractivity (Wildman–Crippen MR) is 116 cm³/mol. The van der Waals surface area contributed by atoms with E-state index in [1.165, 1.54) is 11.1 Å². The fourth-order valence-corrected chi connectivity index (χ4v) is 2.43. The largest absolute Gasteiger partial charge is 0.378 e. The normalized spacial score (nSPS) is 11.0. The molecule has 8 heteroatoms. The van der Waals surface area contributed by atoms with Gasteiger partial charge in [0.25, 0.3) is 0 Å². The van der Waals surface area contributed by atoms with E-state index in [-0.39, 0.29) is 5.91 Å². The molecule has 3 N–H and O–H groups in total. The first-order valence-electron chi connectivity index (χ1n) is 10.6. The van der Waals surface area contributed by atoms with Crippen molar-refractivity contribution in [3.8, 4) is 0 Å². The first-order valence-corrected chi connectivity index (χ1v) is 10.6. The van der Waals surface area contributed by atoms with Crippen molar-refractivity contribution in [1.29, 1.82) is 0 Å². The molecular formula is C22H38N2O6. The fraction of sp³-hybridized carbons (Fsp3) is 0.682. The van der Waals surface area contributed by atoms with Crippen molar-refractivity contribution >= 4 is 5.91 Å². The van der Waals surface area contributed by atoms with Crippen molar-refractivity contribution in [1.82, 2.24) is 5.32 Å². The van der Waals surface area contributed by atoms with Gasteiger partial charge in [0.05, 0.1) is 66.1 Å². The quantitative estimate of drug-likeness (QED) is 0.301. The highest BCUT2D eigenvalue weighted by atomic mass is 16.6. The van der Waals surface area contributed by atoms with Crippen LogP contribution in [-0.4, -0.2) is 85.1 Å². The number of carbonyl (C=O) groups excluding carboxylic acids is 1. The van der Waals surface area contributed by atoms with Crippen LogP contribution < -0.4 is 11.1 Å². The van der Waals surface area contributed by atoms with Crippen LogP contribution in [0.2, 0.25) is 0 Å². The Morgan fingerprint density at radius 2 is 1.23 bits per heavy atom. The molecule has 0 bridgehead atoms. The van der Waals surface area contributed by atoms with Crippen LogP contribution in [0.3, 0.4) is 0 Å². The summed E-state index contributed by atoms with van der Waals surface area (Å²) in [7, 11) is 0. The number of aryl methyl sites for hydroxylation is 2. The highest BCUT2D eigenvalue weighted by Gasteiger charge is 2.02. The SMILES string of the molecule is Cc1ccc(CCC(=O)NCCOCCOCCOCCOCCOCCN)cc1. The van der Waals surface area contributed by atoms with Crippen molar-refractivity contribution in [3.63, 3.8) is 0 Å². The summed E-state index contributed by atoms with van der Waals surface area (Å²) in [4.78, 5) is 11.8. The zero-order valence-corrected chi connectivity index (χ0v) is 18.2. The minimum atomic E-state index is 0.0413. The standard InChI is InChI=1S/C22H38N2O6/c1-20-2-4-21(5-3-20)6-7-22(25)24-9-11-27-13-15-29-17-19-30-18-16-28-14-12-26-10-8-23/h2-5H,6-19,23H2,1H3,(H,24,25). The molecule has 0 heterocycles. The lowest BCUT2D eigenvalue weighted by atomic mass is 10.1. The number of hydrogen-bond donors (Lipinski definition) is 2. The van der Waals surface area contributed by atoms with Crippen LogP contribution in [0.1, 0.15) is 17.5 Å². The lowest BCUT2D eigenvalue weighted by Gasteiger charge is -2.08. The number of rotatable bonds is 20. The van der Waals surface area contributed by atoms with Gasteiger partial charge in [-0.05, 0) is 18.9 Å². The van der Waals surface area contributed by atoms with Gasteiger partial charge in [0.1, 0.15) is 0 Å². The van der Waals surface area contributed by atoms with Crippen molar-refractivity contribution < 1.29 is 28.5 Å². The third-order valence-corrected chi connectivity index (χ3v) is 4.08. The molecular weight excluding hydrogens is 388 g/mol. The van der Waals surface area contributed by atoms with Crippen molar-refractivity contribution in [3.05, 3.63) is 35.4 Å². The maximum absolute atomic E-state index is 11.8. The Hall–Kier alpha value is -1.55. The van der Waals surface area contributed by atoms with E-state index >= 15 is 0 Å². The van der Waals surface area contributed by atoms with Crippen molar-refractivity contribution in [2.24, 2.45) is 5.73 Å². The molecule has 30 heavy (non-hydrogen) atoms. The maximum Gasteiger partial charge on any atom is 0.220 e. The molecule has 0 spiro atoms. The Balaban J connectivity index is 1.77. The van der Waals surface area contributed by atoms with E-state index in [4.69, 9.17) is 29.4 Å². The molecule has 8 nitrogen and oxygen atoms in total. The van der Waals surface area contributed by atoms with Gasteiger partial charge in [-0.1, -0.05) is 29.8 Å². The summed E-state index contributed by atoms with van der Waals surface area (Å²) < 4.78 is 26.8. The Morgan fingerprint density at radius 3 is 1.73 bits per heavy atom. The lowest BCUT2D eigenvalue weighted by Crippen LogP contribution is -2.27. The Morgan fingerprint density at radius 1 is 0.767 bits per heavy atom. The average molecular weight is 427 g/mol. The van der Waals surface area contributed by atoms with Gasteiger partial charge < -0.3 is 34.7 Å². The first-order chi connectivity index (χ1) is 14.7. The molecule has 0 aliphatic carbocycles. The summed E-state index contributed by atoms with van der Waals surface area (Å²) in [6.07, 6.45) is 1.23. The third kappa shape index (κ3) is 16.3. The molecule has 1 aromatic carbocycles. The van der Waals surface area contributed by atoms with Crippen LogP contribution in [-0.2, 0) is 34.9 Å². The molecule has 0 unspecified atom stereocenters. The number of hydrogen-bond acceptors (Lipinski definition) is 7. The number of nitrogens with two attached hydrogens (primary N) is 1. The lowest BCUT2D eigenvalue weighted by molar-refractivity contribution is -0.121. The maximum atomic E-state index is 11.8. The number of carbonyl (C=O) groups is 1. The Bertz CT molecular complexity index is 527. The second kappa shape index (κ2) is 19.4. The fourth-order valence-electron chi connectivity index (χ4n) is 2.43. The van der Waals surface area contributed by atoms with E-state index in [0.29, 0.717) is 85.6 Å². The number of nitrogens with one attached hydrogen (secondary N) is 1. The van der Waals surface area contributed by atoms with E-state index in [1.54, 1.807) is 0 Å². The van der Waals surface area contributed by atoms with E-state index in [0.717, 1.165) is 6.42 Å². The van der Waals surface area contributed by atoms with Gasteiger partial charge >= 0.3 is 0 Å². The summed E-state index contributed by atoms with van der Waals surface area (Å²) in [6, 6.07) is 8.25. The second-order valence-electron chi connectivity index (χ2n) is 6.69. The van der Waals surface area contributed by atoms with Gasteiger partial charge in [0.2, 0.25) is 5.91 Å². The molecule has 172 valence electrons. The third-order valence-electron chi connectivity index (χ3n) is 4.08. The van der Waals surface area contributed by atoms with E-state index < -0.39 is 0 Å². The van der Waals surface area contributed by atoms with Crippen LogP contribution in [0.4, 0.5) is 0 Å². The first kappa shape index (κ1) is 26.5. The molecule has 0 aliphatic heterocycles. The Labute approximate surface area is 180 Å².